The predicted molar refractivity (Wildman–Crippen MR) is 103 cm³/mol. The second kappa shape index (κ2) is 7.53. The number of primary amides is 1. The van der Waals surface area contributed by atoms with Crippen molar-refractivity contribution in [1.29, 1.82) is 0 Å². The van der Waals surface area contributed by atoms with Crippen LogP contribution in [0, 0.1) is 0 Å². The van der Waals surface area contributed by atoms with Crippen LogP contribution in [-0.2, 0) is 13.0 Å². The number of hydrogen-bond donors (Lipinski definition) is 2. The summed E-state index contributed by atoms with van der Waals surface area (Å²) in [5, 5.41) is 9.22. The molecule has 9 heteroatoms. The van der Waals surface area contributed by atoms with Crippen LogP contribution in [0.2, 0.25) is 15.1 Å². The Hall–Kier alpha value is -2.28. The lowest BCUT2D eigenvalue weighted by molar-refractivity contribution is 0.0996. The van der Waals surface area contributed by atoms with Crippen molar-refractivity contribution in [3.63, 3.8) is 0 Å². The maximum Gasteiger partial charge on any atom is 0.273 e. The molecule has 26 heavy (non-hydrogen) atoms. The van der Waals surface area contributed by atoms with E-state index < -0.39 is 5.91 Å². The van der Waals surface area contributed by atoms with Gasteiger partial charge in [-0.3, -0.25) is 4.79 Å². The minimum absolute atomic E-state index is 0.0680. The molecule has 1 heterocycles. The number of carbonyl (C=O) groups is 1. The summed E-state index contributed by atoms with van der Waals surface area (Å²) in [4.78, 5) is 11.2. The van der Waals surface area contributed by atoms with Gasteiger partial charge < -0.3 is 11.5 Å². The number of nitrogens with two attached hydrogens (primary N) is 2. The Labute approximate surface area is 164 Å². The van der Waals surface area contributed by atoms with Gasteiger partial charge in [0, 0.05) is 21.5 Å². The first kappa shape index (κ1) is 18.5. The number of benzene rings is 2. The van der Waals surface area contributed by atoms with Crippen molar-refractivity contribution in [3.8, 4) is 0 Å². The van der Waals surface area contributed by atoms with Crippen LogP contribution in [0.15, 0.2) is 36.4 Å². The molecule has 0 saturated heterocycles. The SMILES string of the molecule is NC(=O)c1nnn(Cc2cc(Cl)c(Cc3ccc(Cl)cc3)c(Cl)c2)c1N. The van der Waals surface area contributed by atoms with Crippen molar-refractivity contribution in [3.05, 3.63) is 73.9 Å². The Kier molecular flexibility index (Phi) is 5.36. The highest BCUT2D eigenvalue weighted by molar-refractivity contribution is 6.36. The molecule has 1 aromatic heterocycles. The van der Waals surface area contributed by atoms with Gasteiger partial charge in [-0.2, -0.15) is 0 Å². The van der Waals surface area contributed by atoms with Gasteiger partial charge in [0.1, 0.15) is 0 Å². The molecule has 0 saturated carbocycles. The number of nitrogen functional groups attached to an aromatic ring is 1. The zero-order chi connectivity index (χ0) is 18.8. The molecule has 0 atom stereocenters. The molecule has 3 aromatic rings. The largest absolute Gasteiger partial charge is 0.382 e. The van der Waals surface area contributed by atoms with Crippen molar-refractivity contribution in [1.82, 2.24) is 15.0 Å². The Bertz CT molecular complexity index is 946. The number of hydrogen-bond acceptors (Lipinski definition) is 4. The molecule has 0 unspecified atom stereocenters. The van der Waals surface area contributed by atoms with E-state index in [1.54, 1.807) is 12.1 Å². The van der Waals surface area contributed by atoms with Gasteiger partial charge in [0.05, 0.1) is 6.54 Å². The summed E-state index contributed by atoms with van der Waals surface area (Å²) < 4.78 is 1.36. The maximum absolute atomic E-state index is 11.2. The molecular weight excluding hydrogens is 397 g/mol. The van der Waals surface area contributed by atoms with E-state index in [-0.39, 0.29) is 18.1 Å². The number of rotatable bonds is 5. The molecule has 0 bridgehead atoms. The van der Waals surface area contributed by atoms with Crippen molar-refractivity contribution < 1.29 is 4.79 Å². The fourth-order valence-corrected chi connectivity index (χ4v) is 3.30. The number of halogens is 3. The van der Waals surface area contributed by atoms with Crippen LogP contribution in [0.25, 0.3) is 0 Å². The first-order chi connectivity index (χ1) is 12.3. The lowest BCUT2D eigenvalue weighted by Gasteiger charge is -2.11. The average Bonchev–Trinajstić information content (AvgIpc) is 2.94. The summed E-state index contributed by atoms with van der Waals surface area (Å²) in [5.41, 5.74) is 13.6. The van der Waals surface area contributed by atoms with Crippen molar-refractivity contribution in [2.45, 2.75) is 13.0 Å². The number of aromatic nitrogens is 3. The average molecular weight is 411 g/mol. The smallest absolute Gasteiger partial charge is 0.273 e. The van der Waals surface area contributed by atoms with Gasteiger partial charge in [-0.1, -0.05) is 52.1 Å². The Morgan fingerprint density at radius 3 is 2.19 bits per heavy atom. The van der Waals surface area contributed by atoms with E-state index in [9.17, 15) is 4.79 Å². The van der Waals surface area contributed by atoms with E-state index in [1.165, 1.54) is 4.68 Å². The van der Waals surface area contributed by atoms with E-state index in [4.69, 9.17) is 46.3 Å². The molecule has 1 amide bonds. The van der Waals surface area contributed by atoms with E-state index in [0.29, 0.717) is 21.5 Å². The molecule has 0 radical (unpaired) electrons. The van der Waals surface area contributed by atoms with Gasteiger partial charge in [-0.05, 0) is 41.0 Å². The highest BCUT2D eigenvalue weighted by Crippen LogP contribution is 2.30. The molecule has 0 fully saturated rings. The lowest BCUT2D eigenvalue weighted by atomic mass is 10.0. The van der Waals surface area contributed by atoms with Gasteiger partial charge in [-0.25, -0.2) is 4.68 Å². The number of nitrogens with zero attached hydrogens (tertiary/aromatic N) is 3. The van der Waals surface area contributed by atoms with Crippen LogP contribution in [0.4, 0.5) is 5.82 Å². The third-order valence-corrected chi connectivity index (χ3v) is 4.76. The monoisotopic (exact) mass is 409 g/mol. The molecule has 3 rings (SSSR count). The van der Waals surface area contributed by atoms with E-state index in [0.717, 1.165) is 16.7 Å². The number of amides is 1. The number of carbonyl (C=O) groups excluding carboxylic acids is 1. The second-order valence-electron chi connectivity index (χ2n) is 5.69. The van der Waals surface area contributed by atoms with E-state index in [2.05, 4.69) is 10.3 Å². The van der Waals surface area contributed by atoms with Gasteiger partial charge in [0.25, 0.3) is 5.91 Å². The maximum atomic E-state index is 11.2. The van der Waals surface area contributed by atoms with Crippen LogP contribution in [0.5, 0.6) is 0 Å². The number of anilines is 1. The predicted octanol–water partition coefficient (Wildman–Crippen LogP) is 3.56. The normalized spacial score (nSPS) is 10.9. The quantitative estimate of drug-likeness (QED) is 0.671. The first-order valence-electron chi connectivity index (χ1n) is 7.55. The molecule has 0 spiro atoms. The molecule has 0 aliphatic rings. The van der Waals surface area contributed by atoms with E-state index in [1.807, 2.05) is 24.3 Å². The van der Waals surface area contributed by atoms with Gasteiger partial charge >= 0.3 is 0 Å². The van der Waals surface area contributed by atoms with Crippen molar-refractivity contribution in [2.24, 2.45) is 5.73 Å². The summed E-state index contributed by atoms with van der Waals surface area (Å²) in [5.74, 6) is -0.641. The summed E-state index contributed by atoms with van der Waals surface area (Å²) >= 11 is 18.7. The second-order valence-corrected chi connectivity index (χ2v) is 6.94. The fourth-order valence-electron chi connectivity index (χ4n) is 2.51. The van der Waals surface area contributed by atoms with E-state index >= 15 is 0 Å². The molecule has 0 aliphatic heterocycles. The fraction of sp³-hybridized carbons (Fsp3) is 0.118. The van der Waals surface area contributed by atoms with Gasteiger partial charge in [0.2, 0.25) is 0 Å². The topological polar surface area (TPSA) is 99.8 Å². The van der Waals surface area contributed by atoms with Gasteiger partial charge in [0.15, 0.2) is 11.5 Å². The van der Waals surface area contributed by atoms with Crippen LogP contribution >= 0.6 is 34.8 Å². The van der Waals surface area contributed by atoms with Crippen LogP contribution in [0.3, 0.4) is 0 Å². The standard InChI is InChI=1S/C17H14Cl3N5O/c18-11-3-1-9(2-4-11)5-12-13(19)6-10(7-14(12)20)8-25-16(21)15(17(22)26)23-24-25/h1-4,6-7H,5,8,21H2,(H2,22,26). The molecule has 2 aromatic carbocycles. The third kappa shape index (κ3) is 3.93. The third-order valence-electron chi connectivity index (χ3n) is 3.83. The van der Waals surface area contributed by atoms with Crippen molar-refractivity contribution in [2.75, 3.05) is 5.73 Å². The van der Waals surface area contributed by atoms with Crippen molar-refractivity contribution >= 4 is 46.5 Å². The summed E-state index contributed by atoms with van der Waals surface area (Å²) in [6.07, 6.45) is 0.576. The molecule has 4 N–H and O–H groups in total. The molecule has 0 aliphatic carbocycles. The van der Waals surface area contributed by atoms with Crippen LogP contribution in [0.1, 0.15) is 27.2 Å². The zero-order valence-electron chi connectivity index (χ0n) is 13.4. The molecular formula is C17H14Cl3N5O. The highest BCUT2D eigenvalue weighted by Gasteiger charge is 2.16. The summed E-state index contributed by atoms with van der Waals surface area (Å²) in [6, 6.07) is 11.0. The zero-order valence-corrected chi connectivity index (χ0v) is 15.7. The summed E-state index contributed by atoms with van der Waals surface area (Å²) in [6.45, 7) is 0.257. The lowest BCUT2D eigenvalue weighted by Crippen LogP contribution is -2.15. The molecule has 134 valence electrons. The van der Waals surface area contributed by atoms with Gasteiger partial charge in [-0.15, -0.1) is 5.10 Å². The minimum Gasteiger partial charge on any atom is -0.382 e. The van der Waals surface area contributed by atoms with Crippen LogP contribution < -0.4 is 11.5 Å². The Morgan fingerprint density at radius 1 is 1.04 bits per heavy atom. The Balaban J connectivity index is 1.85. The summed E-state index contributed by atoms with van der Waals surface area (Å²) in [7, 11) is 0. The molecule has 6 nitrogen and oxygen atoms in total. The first-order valence-corrected chi connectivity index (χ1v) is 8.68. The highest BCUT2D eigenvalue weighted by atomic mass is 35.5. The Morgan fingerprint density at radius 2 is 1.65 bits per heavy atom. The van der Waals surface area contributed by atoms with Crippen LogP contribution in [-0.4, -0.2) is 20.9 Å². The minimum atomic E-state index is -0.733.